The fourth-order valence-electron chi connectivity index (χ4n) is 3.81. The van der Waals surface area contributed by atoms with E-state index in [1.807, 2.05) is 6.07 Å². The second-order valence-electron chi connectivity index (χ2n) is 7.54. The van der Waals surface area contributed by atoms with Gasteiger partial charge in [0.25, 0.3) is 0 Å². The highest BCUT2D eigenvalue weighted by atomic mass is 15.0. The molecule has 0 amide bonds. The summed E-state index contributed by atoms with van der Waals surface area (Å²) in [4.78, 5) is 0. The third-order valence-corrected chi connectivity index (χ3v) is 4.90. The van der Waals surface area contributed by atoms with Crippen LogP contribution in [0.2, 0.25) is 0 Å². The smallest absolute Gasteiger partial charge is 0.220 e. The lowest BCUT2D eigenvalue weighted by Crippen LogP contribution is -2.40. The number of aryl methyl sites for hydroxylation is 1. The lowest BCUT2D eigenvalue weighted by molar-refractivity contribution is -0.665. The molecule has 4 aromatic rings. The summed E-state index contributed by atoms with van der Waals surface area (Å²) in [6.07, 6.45) is 0. The van der Waals surface area contributed by atoms with Gasteiger partial charge in [0.05, 0.1) is 10.8 Å². The molecule has 0 atom stereocenters. The zero-order chi connectivity index (χ0) is 18.3. The van der Waals surface area contributed by atoms with E-state index in [0.29, 0.717) is 5.92 Å². The van der Waals surface area contributed by atoms with E-state index in [9.17, 15) is 0 Å². The van der Waals surface area contributed by atoms with Gasteiger partial charge in [-0.1, -0.05) is 44.2 Å². The van der Waals surface area contributed by atoms with Crippen LogP contribution in [0.4, 0.5) is 5.69 Å². The molecular weight excluding hydrogens is 316 g/mol. The number of hydrogen-bond donors (Lipinski definition) is 1. The van der Waals surface area contributed by atoms with Crippen LogP contribution in [0, 0.1) is 12.8 Å². The molecule has 1 aromatic heterocycles. The first-order chi connectivity index (χ1) is 12.5. The first kappa shape index (κ1) is 16.6. The summed E-state index contributed by atoms with van der Waals surface area (Å²) in [5.41, 5.74) is 12.0. The van der Waals surface area contributed by atoms with Gasteiger partial charge in [-0.2, -0.15) is 4.57 Å². The number of nitrogens with zero attached hydrogens (tertiary/aromatic N) is 1. The number of anilines is 1. The van der Waals surface area contributed by atoms with Crippen molar-refractivity contribution in [2.75, 3.05) is 5.73 Å². The maximum absolute atomic E-state index is 6.18. The van der Waals surface area contributed by atoms with Crippen LogP contribution in [0.3, 0.4) is 0 Å². The molecule has 0 aliphatic heterocycles. The van der Waals surface area contributed by atoms with Crippen molar-refractivity contribution < 1.29 is 4.57 Å². The predicted molar refractivity (Wildman–Crippen MR) is 111 cm³/mol. The van der Waals surface area contributed by atoms with Crippen LogP contribution < -0.4 is 10.3 Å². The van der Waals surface area contributed by atoms with Crippen LogP contribution in [0.1, 0.15) is 19.4 Å². The topological polar surface area (TPSA) is 29.9 Å². The van der Waals surface area contributed by atoms with Crippen LogP contribution in [0.5, 0.6) is 0 Å². The number of rotatable bonds is 3. The van der Waals surface area contributed by atoms with Gasteiger partial charge in [-0.15, -0.1) is 0 Å². The SMILES string of the molecule is Cc1ccc2c3ccc(N)cc3c(-c3ccccc3)[n+](CC(C)C)c2c1. The highest BCUT2D eigenvalue weighted by Gasteiger charge is 2.24. The van der Waals surface area contributed by atoms with Gasteiger partial charge < -0.3 is 5.73 Å². The Hall–Kier alpha value is -2.87. The Kier molecular flexibility index (Phi) is 4.12. The summed E-state index contributed by atoms with van der Waals surface area (Å²) in [7, 11) is 0. The van der Waals surface area contributed by atoms with Gasteiger partial charge in [0.1, 0.15) is 0 Å². The fourth-order valence-corrected chi connectivity index (χ4v) is 3.81. The van der Waals surface area contributed by atoms with Crippen LogP contribution in [0.25, 0.3) is 32.9 Å². The van der Waals surface area contributed by atoms with Gasteiger partial charge in [0, 0.05) is 28.6 Å². The minimum Gasteiger partial charge on any atom is -0.399 e. The van der Waals surface area contributed by atoms with E-state index in [-0.39, 0.29) is 0 Å². The number of benzene rings is 3. The molecule has 0 unspecified atom stereocenters. The van der Waals surface area contributed by atoms with Crippen molar-refractivity contribution in [3.05, 3.63) is 72.3 Å². The van der Waals surface area contributed by atoms with Crippen molar-refractivity contribution in [2.24, 2.45) is 5.92 Å². The molecule has 4 rings (SSSR count). The zero-order valence-corrected chi connectivity index (χ0v) is 15.7. The number of fused-ring (bicyclic) bond motifs is 3. The molecule has 130 valence electrons. The van der Waals surface area contributed by atoms with Crippen LogP contribution in [-0.4, -0.2) is 0 Å². The Balaban J connectivity index is 2.24. The molecule has 3 aromatic carbocycles. The molecule has 0 fully saturated rings. The van der Waals surface area contributed by atoms with Gasteiger partial charge in [-0.3, -0.25) is 0 Å². The van der Waals surface area contributed by atoms with Crippen LogP contribution in [-0.2, 0) is 6.54 Å². The standard InChI is InChI=1S/C24H25N2/c1-16(2)15-26-23-13-17(3)9-11-21(23)20-12-10-19(25)14-22(20)24(26)18-7-5-4-6-8-18/h4-14,16H,15,25H2,1-3H3/q+1. The molecule has 0 aliphatic carbocycles. The first-order valence-electron chi connectivity index (χ1n) is 9.25. The van der Waals surface area contributed by atoms with E-state index < -0.39 is 0 Å². The first-order valence-corrected chi connectivity index (χ1v) is 9.25. The quantitative estimate of drug-likeness (QED) is 0.298. The van der Waals surface area contributed by atoms with E-state index in [1.165, 1.54) is 38.5 Å². The Morgan fingerprint density at radius 2 is 1.58 bits per heavy atom. The van der Waals surface area contributed by atoms with E-state index in [4.69, 9.17) is 5.73 Å². The van der Waals surface area contributed by atoms with Crippen molar-refractivity contribution in [2.45, 2.75) is 27.3 Å². The Morgan fingerprint density at radius 3 is 2.31 bits per heavy atom. The molecule has 2 heteroatoms. The molecule has 26 heavy (non-hydrogen) atoms. The zero-order valence-electron chi connectivity index (χ0n) is 15.7. The Bertz CT molecular complexity index is 1100. The maximum Gasteiger partial charge on any atom is 0.220 e. The van der Waals surface area contributed by atoms with Crippen molar-refractivity contribution in [3.8, 4) is 11.3 Å². The normalized spacial score (nSPS) is 11.5. The molecule has 2 nitrogen and oxygen atoms in total. The summed E-state index contributed by atoms with van der Waals surface area (Å²) in [5.74, 6) is 0.546. The number of hydrogen-bond acceptors (Lipinski definition) is 1. The minimum absolute atomic E-state index is 0.546. The third-order valence-electron chi connectivity index (χ3n) is 4.90. The monoisotopic (exact) mass is 341 g/mol. The number of nitrogens with two attached hydrogens (primary N) is 1. The van der Waals surface area contributed by atoms with Gasteiger partial charge in [0.15, 0.2) is 6.54 Å². The summed E-state index contributed by atoms with van der Waals surface area (Å²) >= 11 is 0. The average Bonchev–Trinajstić information content (AvgIpc) is 2.62. The van der Waals surface area contributed by atoms with Crippen LogP contribution in [0.15, 0.2) is 66.7 Å². The summed E-state index contributed by atoms with van der Waals surface area (Å²) in [6, 6.07) is 23.7. The lowest BCUT2D eigenvalue weighted by Gasteiger charge is -2.14. The van der Waals surface area contributed by atoms with E-state index >= 15 is 0 Å². The molecule has 0 spiro atoms. The number of pyridine rings is 1. The van der Waals surface area contributed by atoms with Crippen molar-refractivity contribution in [3.63, 3.8) is 0 Å². The predicted octanol–water partition coefficient (Wildman–Crippen LogP) is 5.49. The van der Waals surface area contributed by atoms with Crippen molar-refractivity contribution >= 4 is 27.4 Å². The third kappa shape index (κ3) is 2.82. The van der Waals surface area contributed by atoms with Gasteiger partial charge in [-0.05, 0) is 42.8 Å². The lowest BCUT2D eigenvalue weighted by atomic mass is 9.97. The van der Waals surface area contributed by atoms with Gasteiger partial charge >= 0.3 is 0 Å². The summed E-state index contributed by atoms with van der Waals surface area (Å²) < 4.78 is 2.48. The highest BCUT2D eigenvalue weighted by molar-refractivity contribution is 6.09. The van der Waals surface area contributed by atoms with Crippen LogP contribution >= 0.6 is 0 Å². The number of nitrogen functional groups attached to an aromatic ring is 1. The van der Waals surface area contributed by atoms with Gasteiger partial charge in [0.2, 0.25) is 11.2 Å². The Labute approximate surface area is 154 Å². The molecule has 0 saturated carbocycles. The average molecular weight is 341 g/mol. The van der Waals surface area contributed by atoms with E-state index in [2.05, 4.69) is 86.0 Å². The fraction of sp³-hybridized carbons (Fsp3) is 0.208. The summed E-state index contributed by atoms with van der Waals surface area (Å²) in [5, 5.41) is 3.76. The maximum atomic E-state index is 6.18. The molecule has 0 saturated heterocycles. The molecule has 0 radical (unpaired) electrons. The largest absolute Gasteiger partial charge is 0.399 e. The molecular formula is C24H25N2+. The molecule has 0 aliphatic rings. The highest BCUT2D eigenvalue weighted by Crippen LogP contribution is 2.33. The summed E-state index contributed by atoms with van der Waals surface area (Å²) in [6.45, 7) is 7.67. The second-order valence-corrected chi connectivity index (χ2v) is 7.54. The van der Waals surface area contributed by atoms with Gasteiger partial charge in [-0.25, -0.2) is 0 Å². The van der Waals surface area contributed by atoms with E-state index in [1.54, 1.807) is 0 Å². The molecule has 0 bridgehead atoms. The van der Waals surface area contributed by atoms with E-state index in [0.717, 1.165) is 12.2 Å². The second kappa shape index (κ2) is 6.45. The van der Waals surface area contributed by atoms with Crippen molar-refractivity contribution in [1.29, 1.82) is 0 Å². The minimum atomic E-state index is 0.546. The number of aromatic nitrogens is 1. The Morgan fingerprint density at radius 1 is 0.846 bits per heavy atom. The molecule has 2 N–H and O–H groups in total. The molecule has 1 heterocycles. The van der Waals surface area contributed by atoms with Crippen molar-refractivity contribution in [1.82, 2.24) is 0 Å².